The first kappa shape index (κ1) is 12.1. The molecule has 0 fully saturated rings. The highest BCUT2D eigenvalue weighted by Crippen LogP contribution is 2.22. The zero-order chi connectivity index (χ0) is 13.4. The summed E-state index contributed by atoms with van der Waals surface area (Å²) in [6, 6.07) is 7.79. The van der Waals surface area contributed by atoms with Gasteiger partial charge in [0.05, 0.1) is 17.6 Å². The van der Waals surface area contributed by atoms with Crippen molar-refractivity contribution in [3.8, 4) is 5.88 Å². The smallest absolute Gasteiger partial charge is 0.260 e. The number of rotatable bonds is 3. The van der Waals surface area contributed by atoms with Gasteiger partial charge in [0.15, 0.2) is 4.77 Å². The largest absolute Gasteiger partial charge is 0.475 e. The quantitative estimate of drug-likeness (QED) is 0.746. The number of para-hydroxylation sites is 2. The lowest BCUT2D eigenvalue weighted by molar-refractivity contribution is 0.264. The van der Waals surface area contributed by atoms with Gasteiger partial charge in [0.25, 0.3) is 5.88 Å². The highest BCUT2D eigenvalue weighted by atomic mass is 32.1. The summed E-state index contributed by atoms with van der Waals surface area (Å²) in [5.41, 5.74) is 2.39. The third-order valence-electron chi connectivity index (χ3n) is 2.76. The molecule has 98 valence electrons. The Hall–Kier alpha value is -1.95. The Morgan fingerprint density at radius 1 is 1.37 bits per heavy atom. The SMILES string of the molecule is CC(C)COc1nc2ccccc2n2c(=S)[nH]nc12. The summed E-state index contributed by atoms with van der Waals surface area (Å²) in [6.07, 6.45) is 0. The first-order valence-electron chi connectivity index (χ1n) is 6.15. The fourth-order valence-corrected chi connectivity index (χ4v) is 2.14. The molecule has 5 nitrogen and oxygen atoms in total. The molecule has 0 saturated carbocycles. The Morgan fingerprint density at radius 2 is 2.16 bits per heavy atom. The van der Waals surface area contributed by atoms with Gasteiger partial charge in [-0.2, -0.15) is 0 Å². The summed E-state index contributed by atoms with van der Waals surface area (Å²) in [5, 5.41) is 7.00. The fourth-order valence-electron chi connectivity index (χ4n) is 1.91. The summed E-state index contributed by atoms with van der Waals surface area (Å²) >= 11 is 5.27. The van der Waals surface area contributed by atoms with E-state index in [0.29, 0.717) is 28.8 Å². The molecule has 19 heavy (non-hydrogen) atoms. The molecule has 1 N–H and O–H groups in total. The molecule has 0 radical (unpaired) electrons. The van der Waals surface area contributed by atoms with Gasteiger partial charge in [0.1, 0.15) is 0 Å². The second kappa shape index (κ2) is 4.62. The predicted molar refractivity (Wildman–Crippen MR) is 76.0 cm³/mol. The predicted octanol–water partition coefficient (Wildman–Crippen LogP) is 2.97. The van der Waals surface area contributed by atoms with Crippen molar-refractivity contribution in [2.24, 2.45) is 5.92 Å². The minimum absolute atomic E-state index is 0.426. The van der Waals surface area contributed by atoms with Crippen LogP contribution >= 0.6 is 12.2 Å². The maximum atomic E-state index is 5.74. The number of H-pyrrole nitrogens is 1. The van der Waals surface area contributed by atoms with E-state index in [-0.39, 0.29) is 0 Å². The number of aromatic nitrogens is 4. The highest BCUT2D eigenvalue weighted by molar-refractivity contribution is 7.71. The maximum Gasteiger partial charge on any atom is 0.260 e. The van der Waals surface area contributed by atoms with E-state index < -0.39 is 0 Å². The molecule has 0 bridgehead atoms. The van der Waals surface area contributed by atoms with Crippen LogP contribution in [0, 0.1) is 10.7 Å². The monoisotopic (exact) mass is 274 g/mol. The number of ether oxygens (including phenoxy) is 1. The van der Waals surface area contributed by atoms with Crippen LogP contribution in [0.5, 0.6) is 5.88 Å². The van der Waals surface area contributed by atoms with E-state index in [4.69, 9.17) is 17.0 Å². The number of aromatic amines is 1. The molecule has 0 atom stereocenters. The normalized spacial score (nSPS) is 11.5. The van der Waals surface area contributed by atoms with Gasteiger partial charge in [0.2, 0.25) is 5.65 Å². The number of fused-ring (bicyclic) bond motifs is 3. The number of hydrogen-bond acceptors (Lipinski definition) is 4. The first-order valence-corrected chi connectivity index (χ1v) is 6.56. The van der Waals surface area contributed by atoms with Gasteiger partial charge in [-0.05, 0) is 30.3 Å². The minimum Gasteiger partial charge on any atom is -0.475 e. The van der Waals surface area contributed by atoms with E-state index in [1.165, 1.54) is 0 Å². The molecule has 0 aliphatic heterocycles. The Bertz CT molecular complexity index is 790. The molecule has 2 aromatic heterocycles. The molecular weight excluding hydrogens is 260 g/mol. The Balaban J connectivity index is 2.28. The lowest BCUT2D eigenvalue weighted by atomic mass is 10.2. The fraction of sp³-hybridized carbons (Fsp3) is 0.308. The van der Waals surface area contributed by atoms with Gasteiger partial charge in [-0.1, -0.05) is 26.0 Å². The average molecular weight is 274 g/mol. The van der Waals surface area contributed by atoms with E-state index in [1.54, 1.807) is 0 Å². The van der Waals surface area contributed by atoms with Crippen LogP contribution in [0.2, 0.25) is 0 Å². The Morgan fingerprint density at radius 3 is 2.95 bits per heavy atom. The van der Waals surface area contributed by atoms with Gasteiger partial charge in [-0.25, -0.2) is 4.98 Å². The molecule has 3 rings (SSSR count). The molecule has 0 unspecified atom stereocenters. The number of benzene rings is 1. The molecule has 0 spiro atoms. The Labute approximate surface area is 115 Å². The Kier molecular flexibility index (Phi) is 2.94. The summed E-state index contributed by atoms with van der Waals surface area (Å²) in [7, 11) is 0. The van der Waals surface area contributed by atoms with Crippen LogP contribution in [0.1, 0.15) is 13.8 Å². The third kappa shape index (κ3) is 2.08. The van der Waals surface area contributed by atoms with Crippen LogP contribution in [0.25, 0.3) is 16.7 Å². The summed E-state index contributed by atoms with van der Waals surface area (Å²) in [4.78, 5) is 4.52. The molecule has 0 aliphatic rings. The average Bonchev–Trinajstić information content (AvgIpc) is 2.79. The third-order valence-corrected chi connectivity index (χ3v) is 3.04. The van der Waals surface area contributed by atoms with Crippen molar-refractivity contribution in [1.82, 2.24) is 19.6 Å². The molecule has 3 aromatic rings. The van der Waals surface area contributed by atoms with E-state index in [1.807, 2.05) is 28.7 Å². The van der Waals surface area contributed by atoms with Crippen LogP contribution in [-0.2, 0) is 0 Å². The maximum absolute atomic E-state index is 5.74. The molecule has 0 amide bonds. The molecule has 6 heteroatoms. The van der Waals surface area contributed by atoms with Crippen molar-refractivity contribution >= 4 is 28.9 Å². The second-order valence-corrected chi connectivity index (χ2v) is 5.18. The van der Waals surface area contributed by atoms with Gasteiger partial charge < -0.3 is 4.74 Å². The standard InChI is InChI=1S/C13H14N4OS/c1-8(2)7-18-12-11-15-16-13(19)17(11)10-6-4-3-5-9(10)14-12/h3-6,8H,7H2,1-2H3,(H,16,19). The topological polar surface area (TPSA) is 55.2 Å². The molecule has 0 aliphatic carbocycles. The highest BCUT2D eigenvalue weighted by Gasteiger charge is 2.12. The first-order chi connectivity index (χ1) is 9.16. The van der Waals surface area contributed by atoms with Crippen LogP contribution in [0.3, 0.4) is 0 Å². The van der Waals surface area contributed by atoms with Gasteiger partial charge in [-0.15, -0.1) is 5.10 Å². The lowest BCUT2D eigenvalue weighted by Crippen LogP contribution is -2.07. The minimum atomic E-state index is 0.426. The zero-order valence-electron chi connectivity index (χ0n) is 10.8. The molecule has 0 saturated heterocycles. The van der Waals surface area contributed by atoms with Crippen LogP contribution in [0.4, 0.5) is 0 Å². The van der Waals surface area contributed by atoms with Crippen LogP contribution in [0.15, 0.2) is 24.3 Å². The van der Waals surface area contributed by atoms with Gasteiger partial charge in [-0.3, -0.25) is 9.50 Å². The lowest BCUT2D eigenvalue weighted by Gasteiger charge is -2.09. The van der Waals surface area contributed by atoms with E-state index in [0.717, 1.165) is 11.0 Å². The molecule has 1 aromatic carbocycles. The van der Waals surface area contributed by atoms with Gasteiger partial charge >= 0.3 is 0 Å². The summed E-state index contributed by atoms with van der Waals surface area (Å²) in [5.74, 6) is 0.940. The van der Waals surface area contributed by atoms with Crippen molar-refractivity contribution in [2.75, 3.05) is 6.61 Å². The van der Waals surface area contributed by atoms with Crippen molar-refractivity contribution in [3.05, 3.63) is 29.0 Å². The zero-order valence-corrected chi connectivity index (χ0v) is 11.6. The van der Waals surface area contributed by atoms with Crippen LogP contribution in [-0.4, -0.2) is 26.2 Å². The molecular formula is C13H14N4OS. The van der Waals surface area contributed by atoms with E-state index >= 15 is 0 Å². The summed E-state index contributed by atoms with van der Waals surface area (Å²) in [6.45, 7) is 4.78. The number of nitrogens with one attached hydrogen (secondary N) is 1. The van der Waals surface area contributed by atoms with Crippen molar-refractivity contribution < 1.29 is 4.74 Å². The van der Waals surface area contributed by atoms with Crippen molar-refractivity contribution in [3.63, 3.8) is 0 Å². The van der Waals surface area contributed by atoms with Crippen molar-refractivity contribution in [1.29, 1.82) is 0 Å². The number of hydrogen-bond donors (Lipinski definition) is 1. The van der Waals surface area contributed by atoms with Crippen molar-refractivity contribution in [2.45, 2.75) is 13.8 Å². The summed E-state index contributed by atoms with van der Waals surface area (Å²) < 4.78 is 8.14. The van der Waals surface area contributed by atoms with Gasteiger partial charge in [0, 0.05) is 0 Å². The second-order valence-electron chi connectivity index (χ2n) is 4.80. The van der Waals surface area contributed by atoms with E-state index in [9.17, 15) is 0 Å². The van der Waals surface area contributed by atoms with E-state index in [2.05, 4.69) is 29.0 Å². The molecule has 2 heterocycles. The van der Waals surface area contributed by atoms with Crippen LogP contribution < -0.4 is 4.74 Å². The number of nitrogens with zero attached hydrogens (tertiary/aromatic N) is 3.